The molecule has 0 saturated heterocycles. The molecule has 0 saturated carbocycles. The summed E-state index contributed by atoms with van der Waals surface area (Å²) < 4.78 is 4.95. The number of H-pyrrole nitrogens is 1. The van der Waals surface area contributed by atoms with Crippen molar-refractivity contribution in [3.63, 3.8) is 0 Å². The average Bonchev–Trinajstić information content (AvgIpc) is 3.23. The largest absolute Gasteiger partial charge is 0.329 e. The summed E-state index contributed by atoms with van der Waals surface area (Å²) in [6.45, 7) is 0. The van der Waals surface area contributed by atoms with Crippen LogP contribution >= 0.6 is 11.6 Å². The summed E-state index contributed by atoms with van der Waals surface area (Å²) in [7, 11) is 1.58. The summed E-state index contributed by atoms with van der Waals surface area (Å²) in [5.41, 5.74) is 2.26. The van der Waals surface area contributed by atoms with E-state index < -0.39 is 11.2 Å². The summed E-state index contributed by atoms with van der Waals surface area (Å²) in [5.74, 6) is 0.516. The molecule has 0 fully saturated rings. The first-order valence-corrected chi connectivity index (χ1v) is 8.96. The van der Waals surface area contributed by atoms with Gasteiger partial charge in [0.05, 0.1) is 11.4 Å². The number of fused-ring (bicyclic) bond motifs is 3. The first-order chi connectivity index (χ1) is 13.5. The Hall–Kier alpha value is -3.58. The summed E-state index contributed by atoms with van der Waals surface area (Å²) in [5, 5.41) is 0.588. The van der Waals surface area contributed by atoms with Crippen LogP contribution in [0.25, 0.3) is 33.9 Å². The topological polar surface area (TPSA) is 77.1 Å². The lowest BCUT2D eigenvalue weighted by molar-refractivity contribution is 0.831. The lowest BCUT2D eigenvalue weighted by Crippen LogP contribution is -2.28. The van der Waals surface area contributed by atoms with Crippen LogP contribution in [0.1, 0.15) is 0 Å². The first-order valence-electron chi connectivity index (χ1n) is 8.59. The van der Waals surface area contributed by atoms with Gasteiger partial charge in [0.1, 0.15) is 0 Å². The number of hydrogen-bond donors (Lipinski definition) is 1. The molecule has 0 aliphatic heterocycles. The molecule has 0 amide bonds. The Morgan fingerprint density at radius 2 is 1.82 bits per heavy atom. The van der Waals surface area contributed by atoms with Crippen LogP contribution in [-0.2, 0) is 7.05 Å². The van der Waals surface area contributed by atoms with Crippen LogP contribution in [0.15, 0.2) is 70.4 Å². The highest BCUT2D eigenvalue weighted by atomic mass is 35.5. The maximum Gasteiger partial charge on any atom is 0.329 e. The Kier molecular flexibility index (Phi) is 3.53. The standard InChI is InChI=1S/C20H14ClN5O2/c1-24-17-16(18(27)23-20(24)28)25-11-15(12-6-3-2-4-7-12)26(19(25)22-17)14-9-5-8-13(21)10-14/h2-11H,1H3,(H,23,27,28). The zero-order chi connectivity index (χ0) is 19.4. The number of imidazole rings is 2. The predicted octanol–water partition coefficient (Wildman–Crippen LogP) is 2.99. The number of aromatic amines is 1. The molecule has 0 aliphatic rings. The lowest BCUT2D eigenvalue weighted by Gasteiger charge is -2.09. The minimum Gasteiger partial charge on any atom is -0.279 e. The maximum atomic E-state index is 12.5. The smallest absolute Gasteiger partial charge is 0.279 e. The molecular formula is C20H14ClN5O2. The van der Waals surface area contributed by atoms with Gasteiger partial charge < -0.3 is 0 Å². The molecule has 8 heteroatoms. The van der Waals surface area contributed by atoms with Gasteiger partial charge in [-0.05, 0) is 18.2 Å². The van der Waals surface area contributed by atoms with Gasteiger partial charge in [-0.1, -0.05) is 48.0 Å². The second-order valence-electron chi connectivity index (χ2n) is 6.47. The summed E-state index contributed by atoms with van der Waals surface area (Å²) in [6, 6.07) is 17.2. The fourth-order valence-corrected chi connectivity index (χ4v) is 3.63. The third kappa shape index (κ3) is 2.33. The van der Waals surface area contributed by atoms with Crippen molar-refractivity contribution < 1.29 is 0 Å². The molecule has 5 aromatic rings. The molecule has 5 rings (SSSR count). The summed E-state index contributed by atoms with van der Waals surface area (Å²) >= 11 is 6.22. The fourth-order valence-electron chi connectivity index (χ4n) is 3.44. The van der Waals surface area contributed by atoms with Crippen molar-refractivity contribution in [3.8, 4) is 16.9 Å². The van der Waals surface area contributed by atoms with E-state index >= 15 is 0 Å². The molecular weight excluding hydrogens is 378 g/mol. The van der Waals surface area contributed by atoms with Gasteiger partial charge in [0.2, 0.25) is 5.78 Å². The Balaban J connectivity index is 1.98. The van der Waals surface area contributed by atoms with Gasteiger partial charge in [-0.2, -0.15) is 4.98 Å². The fraction of sp³-hybridized carbons (Fsp3) is 0.0500. The Bertz CT molecular complexity index is 1470. The quantitative estimate of drug-likeness (QED) is 0.502. The van der Waals surface area contributed by atoms with E-state index in [1.807, 2.05) is 59.3 Å². The number of halogens is 1. The SMILES string of the molecule is Cn1c(=O)[nH]c(=O)c2c1nc1n(-c3cccc(Cl)c3)c(-c3ccccc3)cn21. The molecule has 3 heterocycles. The number of nitrogens with zero attached hydrogens (tertiary/aromatic N) is 4. The predicted molar refractivity (Wildman–Crippen MR) is 108 cm³/mol. The van der Waals surface area contributed by atoms with Gasteiger partial charge >= 0.3 is 5.69 Å². The second-order valence-corrected chi connectivity index (χ2v) is 6.90. The number of aryl methyl sites for hydroxylation is 1. The number of benzene rings is 2. The molecule has 0 spiro atoms. The van der Waals surface area contributed by atoms with Crippen molar-refractivity contribution in [1.82, 2.24) is 23.5 Å². The van der Waals surface area contributed by atoms with Crippen LogP contribution in [0.5, 0.6) is 0 Å². The van der Waals surface area contributed by atoms with Crippen molar-refractivity contribution in [3.05, 3.63) is 86.7 Å². The van der Waals surface area contributed by atoms with Gasteiger partial charge in [-0.25, -0.2) is 4.79 Å². The molecule has 0 aliphatic carbocycles. The van der Waals surface area contributed by atoms with Crippen LogP contribution in [0.2, 0.25) is 5.02 Å². The van der Waals surface area contributed by atoms with E-state index in [0.29, 0.717) is 22.0 Å². The molecule has 0 bridgehead atoms. The number of nitrogens with one attached hydrogen (secondary N) is 1. The highest BCUT2D eigenvalue weighted by Gasteiger charge is 2.20. The molecule has 0 radical (unpaired) electrons. The number of hydrogen-bond acceptors (Lipinski definition) is 3. The molecule has 1 N–H and O–H groups in total. The van der Waals surface area contributed by atoms with E-state index in [4.69, 9.17) is 11.6 Å². The summed E-state index contributed by atoms with van der Waals surface area (Å²) in [4.78, 5) is 31.4. The lowest BCUT2D eigenvalue weighted by atomic mass is 10.1. The van der Waals surface area contributed by atoms with Crippen LogP contribution in [0.4, 0.5) is 0 Å². The van der Waals surface area contributed by atoms with Gasteiger partial charge in [0.25, 0.3) is 5.56 Å². The Morgan fingerprint density at radius 3 is 2.57 bits per heavy atom. The van der Waals surface area contributed by atoms with Crippen LogP contribution in [0.3, 0.4) is 0 Å². The average molecular weight is 392 g/mol. The highest BCUT2D eigenvalue weighted by Crippen LogP contribution is 2.29. The highest BCUT2D eigenvalue weighted by molar-refractivity contribution is 6.30. The third-order valence-electron chi connectivity index (χ3n) is 4.76. The molecule has 3 aromatic heterocycles. The zero-order valence-electron chi connectivity index (χ0n) is 14.8. The second kappa shape index (κ2) is 5.97. The maximum absolute atomic E-state index is 12.5. The number of rotatable bonds is 2. The van der Waals surface area contributed by atoms with Crippen molar-refractivity contribution in [2.45, 2.75) is 0 Å². The van der Waals surface area contributed by atoms with E-state index in [-0.39, 0.29) is 0 Å². The van der Waals surface area contributed by atoms with Crippen molar-refractivity contribution in [2.75, 3.05) is 0 Å². The molecule has 28 heavy (non-hydrogen) atoms. The van der Waals surface area contributed by atoms with Gasteiger partial charge in [-0.3, -0.25) is 23.3 Å². The van der Waals surface area contributed by atoms with E-state index in [9.17, 15) is 9.59 Å². The molecule has 0 atom stereocenters. The molecule has 2 aromatic carbocycles. The van der Waals surface area contributed by atoms with E-state index in [1.54, 1.807) is 17.5 Å². The normalized spacial score (nSPS) is 11.5. The van der Waals surface area contributed by atoms with E-state index in [1.165, 1.54) is 4.57 Å². The minimum absolute atomic E-state index is 0.315. The molecule has 7 nitrogen and oxygen atoms in total. The Labute approximate surface area is 163 Å². The summed E-state index contributed by atoms with van der Waals surface area (Å²) in [6.07, 6.45) is 1.85. The molecule has 138 valence electrons. The third-order valence-corrected chi connectivity index (χ3v) is 5.00. The van der Waals surface area contributed by atoms with Crippen molar-refractivity contribution in [1.29, 1.82) is 0 Å². The van der Waals surface area contributed by atoms with Gasteiger partial charge in [-0.15, -0.1) is 0 Å². The monoisotopic (exact) mass is 391 g/mol. The Morgan fingerprint density at radius 1 is 1.04 bits per heavy atom. The van der Waals surface area contributed by atoms with Gasteiger partial charge in [0, 0.05) is 23.8 Å². The van der Waals surface area contributed by atoms with Crippen molar-refractivity contribution >= 4 is 28.5 Å². The first kappa shape index (κ1) is 16.6. The van der Waals surface area contributed by atoms with Crippen LogP contribution in [0, 0.1) is 0 Å². The van der Waals surface area contributed by atoms with Crippen LogP contribution in [-0.4, -0.2) is 23.5 Å². The van der Waals surface area contributed by atoms with E-state index in [0.717, 1.165) is 16.9 Å². The minimum atomic E-state index is -0.504. The molecule has 0 unspecified atom stereocenters. The van der Waals surface area contributed by atoms with Crippen molar-refractivity contribution in [2.24, 2.45) is 7.05 Å². The zero-order valence-corrected chi connectivity index (χ0v) is 15.5. The van der Waals surface area contributed by atoms with E-state index in [2.05, 4.69) is 9.97 Å². The van der Waals surface area contributed by atoms with Crippen LogP contribution < -0.4 is 11.2 Å². The number of aromatic nitrogens is 5. The van der Waals surface area contributed by atoms with Gasteiger partial charge in [0.15, 0.2) is 11.2 Å².